The van der Waals surface area contributed by atoms with E-state index in [4.69, 9.17) is 9.30 Å². The van der Waals surface area contributed by atoms with Gasteiger partial charge in [0.25, 0.3) is 0 Å². The van der Waals surface area contributed by atoms with Crippen molar-refractivity contribution in [2.45, 2.75) is 24.4 Å². The first-order valence-corrected chi connectivity index (χ1v) is 7.05. The molecule has 0 radical (unpaired) electrons. The van der Waals surface area contributed by atoms with Crippen molar-refractivity contribution in [3.63, 3.8) is 0 Å². The van der Waals surface area contributed by atoms with Crippen LogP contribution in [0.3, 0.4) is 0 Å². The van der Waals surface area contributed by atoms with E-state index < -0.39 is 11.6 Å². The molecule has 4 heterocycles. The van der Waals surface area contributed by atoms with Crippen LogP contribution in [0.25, 0.3) is 11.2 Å². The van der Waals surface area contributed by atoms with Crippen LogP contribution in [0.1, 0.15) is 18.5 Å². The van der Waals surface area contributed by atoms with E-state index in [1.807, 2.05) is 0 Å². The Kier molecular flexibility index (Phi) is 2.98. The van der Waals surface area contributed by atoms with Crippen molar-refractivity contribution < 1.29 is 19.0 Å². The van der Waals surface area contributed by atoms with Crippen LogP contribution in [-0.2, 0) is 15.3 Å². The number of nitrogens with one attached hydrogen (secondary N) is 1. The number of rotatable bonds is 2. The summed E-state index contributed by atoms with van der Waals surface area (Å²) in [7, 11) is 1.31. The molecule has 2 aromatic rings. The van der Waals surface area contributed by atoms with E-state index >= 15 is 0 Å². The molecular formula is C13H15N5O4. The summed E-state index contributed by atoms with van der Waals surface area (Å²) in [4.78, 5) is 36.1. The number of carbonyl (C=O) groups is 1. The van der Waals surface area contributed by atoms with Gasteiger partial charge in [0, 0.05) is 19.1 Å². The van der Waals surface area contributed by atoms with Gasteiger partial charge in [-0.25, -0.2) is 14.8 Å². The van der Waals surface area contributed by atoms with E-state index in [0.29, 0.717) is 30.0 Å². The van der Waals surface area contributed by atoms with Gasteiger partial charge in [-0.2, -0.15) is 9.87 Å². The fraction of sp³-hybridized carbons (Fsp3) is 0.538. The molecule has 0 aliphatic carbocycles. The monoisotopic (exact) mass is 305 g/mol. The second-order valence-corrected chi connectivity index (χ2v) is 5.47. The molecule has 116 valence electrons. The van der Waals surface area contributed by atoms with Crippen LogP contribution in [0.2, 0.25) is 0 Å². The molecule has 9 nitrogen and oxygen atoms in total. The van der Waals surface area contributed by atoms with Crippen LogP contribution in [0.15, 0.2) is 17.1 Å². The SMILES string of the molecule is COOC(=O)N1C2CCC1(c1ncnc3ocnc13)CNC2. The number of hydrogen-bond donors (Lipinski definition) is 1. The van der Waals surface area contributed by atoms with Crippen LogP contribution in [0.5, 0.6) is 0 Å². The van der Waals surface area contributed by atoms with Gasteiger partial charge in [0.15, 0.2) is 11.9 Å². The van der Waals surface area contributed by atoms with Gasteiger partial charge >= 0.3 is 6.09 Å². The Morgan fingerprint density at radius 1 is 1.50 bits per heavy atom. The molecule has 0 saturated carbocycles. The van der Waals surface area contributed by atoms with Gasteiger partial charge in [-0.1, -0.05) is 0 Å². The Labute approximate surface area is 125 Å². The fourth-order valence-corrected chi connectivity index (χ4v) is 3.60. The standard InChI is InChI=1S/C13H15N5O4/c1-20-22-12(19)18-8-2-3-13(18,5-14-4-8)10-9-11(16-6-15-10)21-7-17-9/h6-8,14H,2-5H2,1H3. The molecule has 1 N–H and O–H groups in total. The average molecular weight is 305 g/mol. The maximum atomic E-state index is 12.4. The minimum atomic E-state index is -0.628. The maximum absolute atomic E-state index is 12.4. The number of fused-ring (bicyclic) bond motifs is 3. The van der Waals surface area contributed by atoms with E-state index in [9.17, 15) is 4.79 Å². The number of hydrogen-bond acceptors (Lipinski definition) is 8. The highest BCUT2D eigenvalue weighted by molar-refractivity contribution is 5.75. The summed E-state index contributed by atoms with van der Waals surface area (Å²) in [6.07, 6.45) is 3.87. The van der Waals surface area contributed by atoms with Crippen LogP contribution < -0.4 is 5.32 Å². The third-order valence-corrected chi connectivity index (χ3v) is 4.44. The molecule has 0 aromatic carbocycles. The molecule has 4 rings (SSSR count). The van der Waals surface area contributed by atoms with Gasteiger partial charge < -0.3 is 9.73 Å². The molecule has 2 saturated heterocycles. The summed E-state index contributed by atoms with van der Waals surface area (Å²) in [5.74, 6) is 0. The zero-order chi connectivity index (χ0) is 15.2. The van der Waals surface area contributed by atoms with Crippen molar-refractivity contribution in [3.05, 3.63) is 18.4 Å². The molecule has 2 aliphatic heterocycles. The summed E-state index contributed by atoms with van der Waals surface area (Å²) in [6, 6.07) is 0.0355. The molecule has 2 atom stereocenters. The number of aromatic nitrogens is 3. The summed E-state index contributed by atoms with van der Waals surface area (Å²) in [5, 5.41) is 3.36. The Morgan fingerprint density at radius 2 is 2.41 bits per heavy atom. The quantitative estimate of drug-likeness (QED) is 0.635. The highest BCUT2D eigenvalue weighted by Gasteiger charge is 2.55. The third-order valence-electron chi connectivity index (χ3n) is 4.44. The minimum Gasteiger partial charge on any atom is -0.425 e. The lowest BCUT2D eigenvalue weighted by Crippen LogP contribution is -2.60. The number of oxazole rings is 1. The number of nitrogens with zero attached hydrogens (tertiary/aromatic N) is 4. The highest BCUT2D eigenvalue weighted by Crippen LogP contribution is 2.45. The lowest BCUT2D eigenvalue weighted by Gasteiger charge is -2.43. The van der Waals surface area contributed by atoms with Crippen molar-refractivity contribution in [1.82, 2.24) is 25.2 Å². The summed E-state index contributed by atoms with van der Waals surface area (Å²) < 4.78 is 5.25. The molecular weight excluding hydrogens is 290 g/mol. The molecule has 2 aromatic heterocycles. The second-order valence-electron chi connectivity index (χ2n) is 5.47. The fourth-order valence-electron chi connectivity index (χ4n) is 3.60. The third kappa shape index (κ3) is 1.72. The van der Waals surface area contributed by atoms with Gasteiger partial charge in [-0.15, -0.1) is 0 Å². The minimum absolute atomic E-state index is 0.0355. The molecule has 22 heavy (non-hydrogen) atoms. The largest absolute Gasteiger partial charge is 0.442 e. The molecule has 0 spiro atoms. The maximum Gasteiger partial charge on any atom is 0.442 e. The summed E-state index contributed by atoms with van der Waals surface area (Å²) in [5.41, 5.74) is 1.03. The van der Waals surface area contributed by atoms with E-state index in [1.54, 1.807) is 4.90 Å². The van der Waals surface area contributed by atoms with Crippen molar-refractivity contribution in [2.75, 3.05) is 20.2 Å². The Morgan fingerprint density at radius 3 is 3.27 bits per heavy atom. The lowest BCUT2D eigenvalue weighted by atomic mass is 9.90. The smallest absolute Gasteiger partial charge is 0.425 e. The number of amides is 1. The van der Waals surface area contributed by atoms with Crippen LogP contribution in [-0.4, -0.2) is 52.2 Å². The van der Waals surface area contributed by atoms with Gasteiger partial charge in [0.1, 0.15) is 17.6 Å². The highest BCUT2D eigenvalue weighted by atomic mass is 17.2. The Hall–Kier alpha value is -2.26. The van der Waals surface area contributed by atoms with Gasteiger partial charge in [-0.05, 0) is 12.8 Å². The number of carbonyl (C=O) groups excluding carboxylic acids is 1. The van der Waals surface area contributed by atoms with Crippen molar-refractivity contribution in [2.24, 2.45) is 0 Å². The van der Waals surface area contributed by atoms with Crippen LogP contribution >= 0.6 is 0 Å². The molecule has 2 aliphatic rings. The lowest BCUT2D eigenvalue weighted by molar-refractivity contribution is -0.227. The van der Waals surface area contributed by atoms with Crippen LogP contribution in [0.4, 0.5) is 4.79 Å². The summed E-state index contributed by atoms with van der Waals surface area (Å²) in [6.45, 7) is 1.29. The molecule has 9 heteroatoms. The van der Waals surface area contributed by atoms with Crippen LogP contribution in [0, 0.1) is 0 Å². The predicted octanol–water partition coefficient (Wildman–Crippen LogP) is 0.579. The van der Waals surface area contributed by atoms with Gasteiger partial charge in [-0.3, -0.25) is 9.79 Å². The van der Waals surface area contributed by atoms with E-state index in [1.165, 1.54) is 19.8 Å². The Bertz CT molecular complexity index is 715. The normalized spacial score (nSPS) is 27.3. The zero-order valence-electron chi connectivity index (χ0n) is 12.0. The molecule has 2 unspecified atom stereocenters. The first-order valence-electron chi connectivity index (χ1n) is 7.05. The predicted molar refractivity (Wildman–Crippen MR) is 72.5 cm³/mol. The van der Waals surface area contributed by atoms with E-state index in [-0.39, 0.29) is 6.04 Å². The van der Waals surface area contributed by atoms with Crippen molar-refractivity contribution in [1.29, 1.82) is 0 Å². The first-order chi connectivity index (χ1) is 10.8. The van der Waals surface area contributed by atoms with E-state index in [0.717, 1.165) is 12.8 Å². The van der Waals surface area contributed by atoms with Gasteiger partial charge in [0.05, 0.1) is 7.11 Å². The Balaban J connectivity index is 1.86. The van der Waals surface area contributed by atoms with E-state index in [2.05, 4.69) is 25.2 Å². The second kappa shape index (κ2) is 4.89. The summed E-state index contributed by atoms with van der Waals surface area (Å²) >= 11 is 0. The van der Waals surface area contributed by atoms with Crippen molar-refractivity contribution >= 4 is 17.3 Å². The van der Waals surface area contributed by atoms with Gasteiger partial charge in [0.2, 0.25) is 5.71 Å². The topological polar surface area (TPSA) is 103 Å². The average Bonchev–Trinajstić information content (AvgIpc) is 3.08. The molecule has 2 fully saturated rings. The zero-order valence-corrected chi connectivity index (χ0v) is 12.0. The number of piperazine rings is 1. The molecule has 2 bridgehead atoms. The first kappa shape index (κ1) is 13.4. The molecule has 1 amide bonds. The van der Waals surface area contributed by atoms with Crippen molar-refractivity contribution in [3.8, 4) is 0 Å².